The Morgan fingerprint density at radius 1 is 0.939 bits per heavy atom. The predicted molar refractivity (Wildman–Crippen MR) is 134 cm³/mol. The Morgan fingerprint density at radius 2 is 1.61 bits per heavy atom. The molecule has 0 unspecified atom stereocenters. The molecule has 0 spiro atoms. The largest absolute Gasteiger partial charge is 0.491 e. The molecule has 4 nitrogen and oxygen atoms in total. The molecule has 1 aromatic heterocycles. The molecule has 0 amide bonds. The lowest BCUT2D eigenvalue weighted by molar-refractivity contribution is 0.105. The van der Waals surface area contributed by atoms with Gasteiger partial charge in [0.05, 0.1) is 11.7 Å². The fraction of sp³-hybridized carbons (Fsp3) is 0.241. The summed E-state index contributed by atoms with van der Waals surface area (Å²) in [6.45, 7) is 10.5. The monoisotopic (exact) mass is 439 g/mol. The average molecular weight is 440 g/mol. The standard InChI is InChI=1S/C29H29NO3/c1-19(2)32-23-16-12-21(13-17-23)27(31)24(28-30-25-8-6-7-9-26(25)33-28)18-20-10-14-22(15-11-20)29(3,4)5/h6-19H,1-5H3/b24-18-. The lowest BCUT2D eigenvalue weighted by Gasteiger charge is -2.18. The first-order valence-corrected chi connectivity index (χ1v) is 11.2. The number of oxazole rings is 1. The van der Waals surface area contributed by atoms with Gasteiger partial charge in [-0.3, -0.25) is 4.79 Å². The van der Waals surface area contributed by atoms with Crippen LogP contribution in [-0.2, 0) is 5.41 Å². The first kappa shape index (κ1) is 22.5. The Morgan fingerprint density at radius 3 is 2.21 bits per heavy atom. The zero-order chi connectivity index (χ0) is 23.6. The maximum atomic E-state index is 13.6. The molecule has 0 bridgehead atoms. The van der Waals surface area contributed by atoms with Gasteiger partial charge in [-0.2, -0.15) is 0 Å². The van der Waals surface area contributed by atoms with E-state index in [1.165, 1.54) is 5.56 Å². The van der Waals surface area contributed by atoms with Crippen LogP contribution in [0.25, 0.3) is 22.7 Å². The third-order valence-corrected chi connectivity index (χ3v) is 5.34. The van der Waals surface area contributed by atoms with E-state index in [1.807, 2.05) is 68.5 Å². The highest BCUT2D eigenvalue weighted by molar-refractivity contribution is 6.31. The van der Waals surface area contributed by atoms with E-state index in [0.717, 1.165) is 16.8 Å². The van der Waals surface area contributed by atoms with E-state index in [2.05, 4.69) is 37.9 Å². The minimum absolute atomic E-state index is 0.0565. The Bertz CT molecular complexity index is 1250. The molecular weight excluding hydrogens is 410 g/mol. The summed E-state index contributed by atoms with van der Waals surface area (Å²) in [4.78, 5) is 18.2. The van der Waals surface area contributed by atoms with Gasteiger partial charge in [0.1, 0.15) is 11.3 Å². The number of para-hydroxylation sites is 2. The van der Waals surface area contributed by atoms with Crippen LogP contribution < -0.4 is 4.74 Å². The minimum atomic E-state index is -0.155. The molecule has 33 heavy (non-hydrogen) atoms. The van der Waals surface area contributed by atoms with Crippen molar-refractivity contribution in [3.05, 3.63) is 95.4 Å². The van der Waals surface area contributed by atoms with Crippen molar-refractivity contribution < 1.29 is 13.9 Å². The van der Waals surface area contributed by atoms with Crippen molar-refractivity contribution in [1.82, 2.24) is 4.98 Å². The molecule has 0 fully saturated rings. The number of carbonyl (C=O) groups excluding carboxylic acids is 1. The van der Waals surface area contributed by atoms with E-state index in [9.17, 15) is 4.79 Å². The predicted octanol–water partition coefficient (Wildman–Crippen LogP) is 7.34. The second-order valence-corrected chi connectivity index (χ2v) is 9.44. The number of rotatable bonds is 6. The summed E-state index contributed by atoms with van der Waals surface area (Å²) in [7, 11) is 0. The smallest absolute Gasteiger partial charge is 0.231 e. The van der Waals surface area contributed by atoms with Gasteiger partial charge in [0.15, 0.2) is 11.4 Å². The van der Waals surface area contributed by atoms with Crippen molar-refractivity contribution in [3.63, 3.8) is 0 Å². The van der Waals surface area contributed by atoms with E-state index in [1.54, 1.807) is 12.1 Å². The van der Waals surface area contributed by atoms with Crippen LogP contribution in [0, 0.1) is 0 Å². The fourth-order valence-corrected chi connectivity index (χ4v) is 3.57. The quantitative estimate of drug-likeness (QED) is 0.233. The first-order valence-electron chi connectivity index (χ1n) is 11.2. The van der Waals surface area contributed by atoms with Crippen LogP contribution in [0.2, 0.25) is 0 Å². The molecule has 0 radical (unpaired) electrons. The summed E-state index contributed by atoms with van der Waals surface area (Å²) in [6, 6.07) is 22.9. The zero-order valence-corrected chi connectivity index (χ0v) is 19.8. The van der Waals surface area contributed by atoms with Gasteiger partial charge in [-0.15, -0.1) is 0 Å². The van der Waals surface area contributed by atoms with Gasteiger partial charge in [0.25, 0.3) is 0 Å². The van der Waals surface area contributed by atoms with Crippen LogP contribution >= 0.6 is 0 Å². The van der Waals surface area contributed by atoms with E-state index in [0.29, 0.717) is 22.6 Å². The number of carbonyl (C=O) groups is 1. The van der Waals surface area contributed by atoms with Crippen molar-refractivity contribution >= 4 is 28.5 Å². The lowest BCUT2D eigenvalue weighted by atomic mass is 9.86. The summed E-state index contributed by atoms with van der Waals surface area (Å²) in [5, 5.41) is 0. The number of aromatic nitrogens is 1. The van der Waals surface area contributed by atoms with Gasteiger partial charge < -0.3 is 9.15 Å². The summed E-state index contributed by atoms with van der Waals surface area (Å²) in [5.41, 5.74) is 4.52. The summed E-state index contributed by atoms with van der Waals surface area (Å²) in [6.07, 6.45) is 1.91. The number of nitrogens with zero attached hydrogens (tertiary/aromatic N) is 1. The molecule has 0 aliphatic carbocycles. The summed E-state index contributed by atoms with van der Waals surface area (Å²) in [5.74, 6) is 0.882. The Hall–Kier alpha value is -3.66. The lowest BCUT2D eigenvalue weighted by Crippen LogP contribution is -2.10. The van der Waals surface area contributed by atoms with Gasteiger partial charge in [-0.1, -0.05) is 57.2 Å². The van der Waals surface area contributed by atoms with Crippen LogP contribution in [0.5, 0.6) is 5.75 Å². The van der Waals surface area contributed by atoms with Gasteiger partial charge in [0, 0.05) is 5.56 Å². The van der Waals surface area contributed by atoms with Crippen LogP contribution in [0.4, 0.5) is 0 Å². The first-order chi connectivity index (χ1) is 15.7. The second kappa shape index (κ2) is 9.07. The Kier molecular flexibility index (Phi) is 6.19. The highest BCUT2D eigenvalue weighted by Crippen LogP contribution is 2.28. The van der Waals surface area contributed by atoms with Crippen molar-refractivity contribution in [2.75, 3.05) is 0 Å². The fourth-order valence-electron chi connectivity index (χ4n) is 3.57. The summed E-state index contributed by atoms with van der Waals surface area (Å²) < 4.78 is 11.7. The molecule has 168 valence electrons. The Balaban J connectivity index is 1.75. The number of fused-ring (bicyclic) bond motifs is 1. The third-order valence-electron chi connectivity index (χ3n) is 5.34. The van der Waals surface area contributed by atoms with Gasteiger partial charge in [0.2, 0.25) is 5.89 Å². The molecule has 0 N–H and O–H groups in total. The van der Waals surface area contributed by atoms with Gasteiger partial charge in [-0.25, -0.2) is 4.98 Å². The average Bonchev–Trinajstić information content (AvgIpc) is 3.21. The molecule has 0 atom stereocenters. The topological polar surface area (TPSA) is 52.3 Å². The molecule has 0 aliphatic rings. The molecule has 0 saturated carbocycles. The number of hydrogen-bond acceptors (Lipinski definition) is 4. The molecule has 0 aliphatic heterocycles. The molecule has 1 heterocycles. The molecule has 3 aromatic carbocycles. The van der Waals surface area contributed by atoms with E-state index >= 15 is 0 Å². The van der Waals surface area contributed by atoms with Crippen LogP contribution in [0.15, 0.2) is 77.2 Å². The number of Topliss-reactive ketones (excluding diaryl/α,β-unsaturated/α-hetero) is 1. The zero-order valence-electron chi connectivity index (χ0n) is 19.8. The molecular formula is C29H29NO3. The minimum Gasteiger partial charge on any atom is -0.491 e. The SMILES string of the molecule is CC(C)Oc1ccc(C(=O)/C(=C/c2ccc(C(C)(C)C)cc2)c2nc3ccccc3o2)cc1. The molecule has 4 heteroatoms. The maximum Gasteiger partial charge on any atom is 0.231 e. The van der Waals surface area contributed by atoms with E-state index in [4.69, 9.17) is 9.15 Å². The number of benzene rings is 3. The van der Waals surface area contributed by atoms with Crippen LogP contribution in [-0.4, -0.2) is 16.9 Å². The number of ketones is 1. The highest BCUT2D eigenvalue weighted by Gasteiger charge is 2.21. The molecule has 4 rings (SSSR count). The number of allylic oxidation sites excluding steroid dienone is 1. The van der Waals surface area contributed by atoms with Crippen molar-refractivity contribution in [2.45, 2.75) is 46.1 Å². The second-order valence-electron chi connectivity index (χ2n) is 9.44. The third kappa shape index (κ3) is 5.23. The van der Waals surface area contributed by atoms with Gasteiger partial charge >= 0.3 is 0 Å². The Labute approximate surface area is 194 Å². The molecule has 0 saturated heterocycles. The molecule has 4 aromatic rings. The van der Waals surface area contributed by atoms with Crippen molar-refractivity contribution in [2.24, 2.45) is 0 Å². The van der Waals surface area contributed by atoms with Crippen molar-refractivity contribution in [3.8, 4) is 5.75 Å². The van der Waals surface area contributed by atoms with E-state index < -0.39 is 0 Å². The highest BCUT2D eigenvalue weighted by atomic mass is 16.5. The van der Waals surface area contributed by atoms with Crippen LogP contribution in [0.1, 0.15) is 62.0 Å². The van der Waals surface area contributed by atoms with Crippen molar-refractivity contribution in [1.29, 1.82) is 0 Å². The number of ether oxygens (including phenoxy) is 1. The van der Waals surface area contributed by atoms with Gasteiger partial charge in [-0.05, 0) is 72.9 Å². The summed E-state index contributed by atoms with van der Waals surface area (Å²) >= 11 is 0. The normalized spacial score (nSPS) is 12.4. The number of hydrogen-bond donors (Lipinski definition) is 0. The maximum absolute atomic E-state index is 13.6. The van der Waals surface area contributed by atoms with Crippen LogP contribution in [0.3, 0.4) is 0 Å². The van der Waals surface area contributed by atoms with E-state index in [-0.39, 0.29) is 17.3 Å².